The Bertz CT molecular complexity index is 484. The van der Waals surface area contributed by atoms with E-state index < -0.39 is 0 Å². The molecule has 0 aromatic heterocycles. The number of carbonyl (C=O) groups excluding carboxylic acids is 2. The first kappa shape index (κ1) is 15.5. The monoisotopic (exact) mass is 290 g/mol. The molecule has 1 aliphatic carbocycles. The van der Waals surface area contributed by atoms with Crippen LogP contribution in [0.1, 0.15) is 49.9 Å². The first-order valence-corrected chi connectivity index (χ1v) is 7.59. The molecule has 0 atom stereocenters. The number of benzene rings is 1. The summed E-state index contributed by atoms with van der Waals surface area (Å²) in [6.07, 6.45) is 3.98. The van der Waals surface area contributed by atoms with E-state index in [1.807, 2.05) is 0 Å². The van der Waals surface area contributed by atoms with Crippen molar-refractivity contribution in [2.24, 2.45) is 11.8 Å². The number of carbonyl (C=O) groups is 2. The van der Waals surface area contributed by atoms with Crippen molar-refractivity contribution in [2.75, 3.05) is 6.61 Å². The van der Waals surface area contributed by atoms with Gasteiger partial charge in [-0.2, -0.15) is 0 Å². The molecule has 2 rings (SSSR count). The largest absolute Gasteiger partial charge is 0.462 e. The maximum atomic E-state index is 12.1. The van der Waals surface area contributed by atoms with E-state index in [0.717, 1.165) is 25.7 Å². The Morgan fingerprint density at radius 2 is 1.71 bits per heavy atom. The van der Waals surface area contributed by atoms with Gasteiger partial charge in [0.15, 0.2) is 0 Å². The molecule has 0 unspecified atom stereocenters. The lowest BCUT2D eigenvalue weighted by molar-refractivity contribution is -0.140. The fourth-order valence-corrected chi connectivity index (χ4v) is 2.57. The molecule has 21 heavy (non-hydrogen) atoms. The highest BCUT2D eigenvalue weighted by atomic mass is 16.5. The van der Waals surface area contributed by atoms with Crippen LogP contribution < -0.4 is 4.74 Å². The molecule has 0 spiro atoms. The molecule has 4 heteroatoms. The molecule has 0 N–H and O–H groups in total. The van der Waals surface area contributed by atoms with Crippen molar-refractivity contribution in [1.29, 1.82) is 0 Å². The third kappa shape index (κ3) is 4.31. The molecule has 1 fully saturated rings. The average Bonchev–Trinajstić information content (AvgIpc) is 2.49. The van der Waals surface area contributed by atoms with Gasteiger partial charge < -0.3 is 9.47 Å². The van der Waals surface area contributed by atoms with Crippen LogP contribution in [0.25, 0.3) is 0 Å². The normalized spacial score (nSPS) is 21.6. The Morgan fingerprint density at radius 3 is 2.29 bits per heavy atom. The van der Waals surface area contributed by atoms with Crippen LogP contribution in [0.5, 0.6) is 5.75 Å². The third-order valence-electron chi connectivity index (χ3n) is 3.93. The van der Waals surface area contributed by atoms with Gasteiger partial charge in [-0.1, -0.05) is 6.92 Å². The molecule has 1 aromatic carbocycles. The summed E-state index contributed by atoms with van der Waals surface area (Å²) < 4.78 is 10.3. The van der Waals surface area contributed by atoms with Gasteiger partial charge in [-0.05, 0) is 62.8 Å². The maximum absolute atomic E-state index is 12.1. The van der Waals surface area contributed by atoms with Gasteiger partial charge in [0.1, 0.15) is 5.75 Å². The highest BCUT2D eigenvalue weighted by molar-refractivity contribution is 5.89. The van der Waals surface area contributed by atoms with Gasteiger partial charge in [0.2, 0.25) is 0 Å². The van der Waals surface area contributed by atoms with Gasteiger partial charge in [-0.25, -0.2) is 4.79 Å². The van der Waals surface area contributed by atoms with Crippen LogP contribution in [-0.4, -0.2) is 18.5 Å². The zero-order chi connectivity index (χ0) is 15.2. The summed E-state index contributed by atoms with van der Waals surface area (Å²) in [5.74, 6) is 0.665. The summed E-state index contributed by atoms with van der Waals surface area (Å²) in [6, 6.07) is 6.50. The summed E-state index contributed by atoms with van der Waals surface area (Å²) in [5, 5.41) is 0. The van der Waals surface area contributed by atoms with E-state index in [9.17, 15) is 9.59 Å². The SMILES string of the molecule is CCOC(=O)c1ccc(OC(=O)C2CCC(C)CC2)cc1. The maximum Gasteiger partial charge on any atom is 0.338 e. The number of ether oxygens (including phenoxy) is 2. The predicted octanol–water partition coefficient (Wildman–Crippen LogP) is 3.60. The summed E-state index contributed by atoms with van der Waals surface area (Å²) in [5.41, 5.74) is 0.461. The quantitative estimate of drug-likeness (QED) is 0.628. The molecule has 0 radical (unpaired) electrons. The minimum atomic E-state index is -0.364. The zero-order valence-corrected chi connectivity index (χ0v) is 12.6. The molecule has 1 saturated carbocycles. The first-order chi connectivity index (χ1) is 10.1. The van der Waals surface area contributed by atoms with Crippen molar-refractivity contribution in [3.05, 3.63) is 29.8 Å². The average molecular weight is 290 g/mol. The van der Waals surface area contributed by atoms with Crippen LogP contribution in [0.2, 0.25) is 0 Å². The lowest BCUT2D eigenvalue weighted by Gasteiger charge is -2.24. The summed E-state index contributed by atoms with van der Waals surface area (Å²) in [6.45, 7) is 4.32. The van der Waals surface area contributed by atoms with E-state index >= 15 is 0 Å². The Labute approximate surface area is 125 Å². The van der Waals surface area contributed by atoms with Gasteiger partial charge in [0.25, 0.3) is 0 Å². The number of esters is 2. The van der Waals surface area contributed by atoms with Crippen LogP contribution >= 0.6 is 0 Å². The molecule has 0 bridgehead atoms. The van der Waals surface area contributed by atoms with Crippen LogP contribution in [-0.2, 0) is 9.53 Å². The Balaban J connectivity index is 1.91. The Morgan fingerprint density at radius 1 is 1.10 bits per heavy atom. The third-order valence-corrected chi connectivity index (χ3v) is 3.93. The second-order valence-corrected chi connectivity index (χ2v) is 5.62. The van der Waals surface area contributed by atoms with Crippen molar-refractivity contribution in [3.63, 3.8) is 0 Å². The smallest absolute Gasteiger partial charge is 0.338 e. The van der Waals surface area contributed by atoms with Crippen LogP contribution in [0.15, 0.2) is 24.3 Å². The first-order valence-electron chi connectivity index (χ1n) is 7.59. The van der Waals surface area contributed by atoms with Gasteiger partial charge in [-0.15, -0.1) is 0 Å². The molecule has 1 aromatic rings. The van der Waals surface area contributed by atoms with Gasteiger partial charge in [-0.3, -0.25) is 4.79 Å². The topological polar surface area (TPSA) is 52.6 Å². The molecule has 1 aliphatic rings. The summed E-state index contributed by atoms with van der Waals surface area (Å²) in [4.78, 5) is 23.6. The van der Waals surface area contributed by atoms with Gasteiger partial charge >= 0.3 is 11.9 Å². The molecule has 4 nitrogen and oxygen atoms in total. The molecular weight excluding hydrogens is 268 g/mol. The minimum absolute atomic E-state index is 0.00549. The number of hydrogen-bond donors (Lipinski definition) is 0. The second-order valence-electron chi connectivity index (χ2n) is 5.62. The Kier molecular flexibility index (Phi) is 5.37. The highest BCUT2D eigenvalue weighted by Gasteiger charge is 2.25. The zero-order valence-electron chi connectivity index (χ0n) is 12.6. The van der Waals surface area contributed by atoms with E-state index in [2.05, 4.69) is 6.92 Å². The fourth-order valence-electron chi connectivity index (χ4n) is 2.57. The van der Waals surface area contributed by atoms with E-state index in [1.54, 1.807) is 31.2 Å². The van der Waals surface area contributed by atoms with Crippen LogP contribution in [0, 0.1) is 11.8 Å². The second kappa shape index (κ2) is 7.25. The number of hydrogen-bond acceptors (Lipinski definition) is 4. The van der Waals surface area contributed by atoms with Crippen molar-refractivity contribution < 1.29 is 19.1 Å². The van der Waals surface area contributed by atoms with Crippen LogP contribution in [0.3, 0.4) is 0 Å². The van der Waals surface area contributed by atoms with Crippen molar-refractivity contribution in [3.8, 4) is 5.75 Å². The van der Waals surface area contributed by atoms with E-state index in [4.69, 9.17) is 9.47 Å². The number of rotatable bonds is 4. The van der Waals surface area contributed by atoms with Gasteiger partial charge in [0.05, 0.1) is 18.1 Å². The highest BCUT2D eigenvalue weighted by Crippen LogP contribution is 2.29. The lowest BCUT2D eigenvalue weighted by Crippen LogP contribution is -2.24. The molecule has 114 valence electrons. The van der Waals surface area contributed by atoms with E-state index in [0.29, 0.717) is 23.8 Å². The molecular formula is C17H22O4. The molecule has 0 saturated heterocycles. The van der Waals surface area contributed by atoms with Crippen molar-refractivity contribution in [1.82, 2.24) is 0 Å². The molecule has 0 amide bonds. The standard InChI is InChI=1S/C17H22O4/c1-3-20-16(18)13-8-10-15(11-9-13)21-17(19)14-6-4-12(2)5-7-14/h8-12,14H,3-7H2,1-2H3. The van der Waals surface area contributed by atoms with Crippen molar-refractivity contribution >= 4 is 11.9 Å². The van der Waals surface area contributed by atoms with Crippen LogP contribution in [0.4, 0.5) is 0 Å². The minimum Gasteiger partial charge on any atom is -0.462 e. The summed E-state index contributed by atoms with van der Waals surface area (Å²) >= 11 is 0. The lowest BCUT2D eigenvalue weighted by atomic mass is 9.83. The molecule has 0 heterocycles. The van der Waals surface area contributed by atoms with Gasteiger partial charge in [0, 0.05) is 0 Å². The van der Waals surface area contributed by atoms with E-state index in [-0.39, 0.29) is 17.9 Å². The predicted molar refractivity (Wildman–Crippen MR) is 79.2 cm³/mol. The van der Waals surface area contributed by atoms with Crippen molar-refractivity contribution in [2.45, 2.75) is 39.5 Å². The summed E-state index contributed by atoms with van der Waals surface area (Å²) in [7, 11) is 0. The molecule has 0 aliphatic heterocycles. The Hall–Kier alpha value is -1.84. The fraction of sp³-hybridized carbons (Fsp3) is 0.529. The van der Waals surface area contributed by atoms with E-state index in [1.165, 1.54) is 0 Å².